The molecule has 3 aromatic rings. The van der Waals surface area contributed by atoms with Crippen LogP contribution in [0.3, 0.4) is 0 Å². The number of carbonyl (C=O) groups excluding carboxylic acids is 1. The molecule has 3 heterocycles. The molecule has 156 valence electrons. The van der Waals surface area contributed by atoms with Crippen molar-refractivity contribution in [3.63, 3.8) is 0 Å². The summed E-state index contributed by atoms with van der Waals surface area (Å²) in [5.41, 5.74) is 2.28. The molecule has 2 aromatic heterocycles. The minimum absolute atomic E-state index is 0.0890. The molecule has 0 bridgehead atoms. The van der Waals surface area contributed by atoms with E-state index in [-0.39, 0.29) is 29.8 Å². The van der Waals surface area contributed by atoms with E-state index in [1.165, 1.54) is 16.6 Å². The highest BCUT2D eigenvalue weighted by molar-refractivity contribution is 7.89. The Kier molecular flexibility index (Phi) is 5.53. The van der Waals surface area contributed by atoms with Gasteiger partial charge in [0.1, 0.15) is 4.90 Å². The number of hydrogen-bond acceptors (Lipinski definition) is 5. The Morgan fingerprint density at radius 2 is 1.77 bits per heavy atom. The summed E-state index contributed by atoms with van der Waals surface area (Å²) in [6, 6.07) is 12.6. The fourth-order valence-corrected chi connectivity index (χ4v) is 5.01. The summed E-state index contributed by atoms with van der Waals surface area (Å²) in [5, 5.41) is 0.817. The number of carbonyl (C=O) groups is 1. The molecule has 1 aliphatic heterocycles. The number of rotatable bonds is 4. The Labute approximate surface area is 176 Å². The third-order valence-electron chi connectivity index (χ3n) is 5.36. The minimum atomic E-state index is -3.61. The molecular weight excluding hydrogens is 400 g/mol. The van der Waals surface area contributed by atoms with Gasteiger partial charge < -0.3 is 4.90 Å². The van der Waals surface area contributed by atoms with Crippen LogP contribution in [-0.4, -0.2) is 59.7 Å². The van der Waals surface area contributed by atoms with Gasteiger partial charge in [0.15, 0.2) is 0 Å². The molecule has 0 atom stereocenters. The predicted molar refractivity (Wildman–Crippen MR) is 115 cm³/mol. The van der Waals surface area contributed by atoms with Crippen LogP contribution in [0.4, 0.5) is 0 Å². The Morgan fingerprint density at radius 1 is 1.03 bits per heavy atom. The third kappa shape index (κ3) is 3.80. The van der Waals surface area contributed by atoms with E-state index in [0.29, 0.717) is 18.7 Å². The van der Waals surface area contributed by atoms with Crippen molar-refractivity contribution >= 4 is 26.8 Å². The smallest absolute Gasteiger partial charge is 0.254 e. The van der Waals surface area contributed by atoms with E-state index in [9.17, 15) is 13.2 Å². The maximum absolute atomic E-state index is 13.3. The van der Waals surface area contributed by atoms with Gasteiger partial charge in [0, 0.05) is 49.7 Å². The van der Waals surface area contributed by atoms with Gasteiger partial charge in [-0.3, -0.25) is 14.8 Å². The highest BCUT2D eigenvalue weighted by Gasteiger charge is 2.31. The van der Waals surface area contributed by atoms with Crippen molar-refractivity contribution in [2.24, 2.45) is 0 Å². The van der Waals surface area contributed by atoms with Crippen LogP contribution in [0.5, 0.6) is 0 Å². The zero-order chi connectivity index (χ0) is 21.3. The first-order valence-electron chi connectivity index (χ1n) is 9.97. The molecule has 0 N–H and O–H groups in total. The number of fused-ring (bicyclic) bond motifs is 1. The Bertz CT molecular complexity index is 1170. The van der Waals surface area contributed by atoms with E-state index in [1.807, 2.05) is 44.2 Å². The van der Waals surface area contributed by atoms with E-state index in [4.69, 9.17) is 0 Å². The average molecular weight is 425 g/mol. The van der Waals surface area contributed by atoms with Crippen molar-refractivity contribution in [2.45, 2.75) is 24.7 Å². The molecule has 0 saturated carbocycles. The molecule has 0 aliphatic carbocycles. The van der Waals surface area contributed by atoms with Gasteiger partial charge in [0.25, 0.3) is 5.91 Å². The van der Waals surface area contributed by atoms with Crippen LogP contribution < -0.4 is 0 Å². The molecule has 0 unspecified atom stereocenters. The van der Waals surface area contributed by atoms with E-state index in [0.717, 1.165) is 16.6 Å². The van der Waals surface area contributed by atoms with Gasteiger partial charge in [-0.25, -0.2) is 8.42 Å². The molecule has 0 radical (unpaired) electrons. The Balaban J connectivity index is 1.57. The second kappa shape index (κ2) is 8.12. The van der Waals surface area contributed by atoms with Crippen LogP contribution >= 0.6 is 0 Å². The molecule has 0 spiro atoms. The van der Waals surface area contributed by atoms with E-state index in [2.05, 4.69) is 9.97 Å². The summed E-state index contributed by atoms with van der Waals surface area (Å²) >= 11 is 0. The number of benzene rings is 1. The lowest BCUT2D eigenvalue weighted by molar-refractivity contribution is 0.0699. The zero-order valence-electron chi connectivity index (χ0n) is 17.0. The second-order valence-corrected chi connectivity index (χ2v) is 9.59. The standard InChI is InChI=1S/C22H24N4O3S/c1-16(2)21-14-19(18-7-3-4-8-20(18)24-21)22(27)25-10-12-26(13-11-25)30(28,29)17-6-5-9-23-15-17/h3-9,14-16H,10-13H2,1-2H3. The average Bonchev–Trinajstić information content (AvgIpc) is 2.78. The molecule has 7 nitrogen and oxygen atoms in total. The van der Waals surface area contributed by atoms with E-state index >= 15 is 0 Å². The lowest BCUT2D eigenvalue weighted by Crippen LogP contribution is -2.50. The van der Waals surface area contributed by atoms with Gasteiger partial charge in [-0.05, 0) is 30.2 Å². The monoisotopic (exact) mass is 424 g/mol. The van der Waals surface area contributed by atoms with Gasteiger partial charge >= 0.3 is 0 Å². The normalized spacial score (nSPS) is 15.6. The number of pyridine rings is 2. The SMILES string of the molecule is CC(C)c1cc(C(=O)N2CCN(S(=O)(=O)c3cccnc3)CC2)c2ccccc2n1. The number of amides is 1. The highest BCUT2D eigenvalue weighted by Crippen LogP contribution is 2.25. The largest absolute Gasteiger partial charge is 0.336 e. The van der Waals surface area contributed by atoms with E-state index < -0.39 is 10.0 Å². The van der Waals surface area contributed by atoms with E-state index in [1.54, 1.807) is 17.2 Å². The van der Waals surface area contributed by atoms with Crippen LogP contribution in [0.1, 0.15) is 35.8 Å². The van der Waals surface area contributed by atoms with Gasteiger partial charge in [0.05, 0.1) is 11.1 Å². The molecular formula is C22H24N4O3S. The molecule has 30 heavy (non-hydrogen) atoms. The summed E-state index contributed by atoms with van der Waals surface area (Å²) in [4.78, 5) is 23.8. The molecule has 8 heteroatoms. The summed E-state index contributed by atoms with van der Waals surface area (Å²) in [6.07, 6.45) is 2.89. The number of aromatic nitrogens is 2. The quantitative estimate of drug-likeness (QED) is 0.643. The topological polar surface area (TPSA) is 83.5 Å². The fraction of sp³-hybridized carbons (Fsp3) is 0.318. The second-order valence-electron chi connectivity index (χ2n) is 7.65. The van der Waals surface area contributed by atoms with Crippen molar-refractivity contribution < 1.29 is 13.2 Å². The summed E-state index contributed by atoms with van der Waals surface area (Å²) in [7, 11) is -3.61. The van der Waals surface area contributed by atoms with Gasteiger partial charge in [-0.15, -0.1) is 0 Å². The van der Waals surface area contributed by atoms with Crippen molar-refractivity contribution in [3.8, 4) is 0 Å². The van der Waals surface area contributed by atoms with Crippen molar-refractivity contribution in [1.82, 2.24) is 19.2 Å². The molecule has 1 fully saturated rings. The maximum atomic E-state index is 13.3. The fourth-order valence-electron chi connectivity index (χ4n) is 3.62. The van der Waals surface area contributed by atoms with Crippen molar-refractivity contribution in [3.05, 3.63) is 66.1 Å². The van der Waals surface area contributed by atoms with Gasteiger partial charge in [-0.1, -0.05) is 32.0 Å². The Morgan fingerprint density at radius 3 is 2.43 bits per heavy atom. The summed E-state index contributed by atoms with van der Waals surface area (Å²) < 4.78 is 27.0. The highest BCUT2D eigenvalue weighted by atomic mass is 32.2. The molecule has 1 saturated heterocycles. The third-order valence-corrected chi connectivity index (χ3v) is 7.24. The van der Waals surface area contributed by atoms with Crippen LogP contribution in [0.2, 0.25) is 0 Å². The first kappa shape index (κ1) is 20.4. The lowest BCUT2D eigenvalue weighted by Gasteiger charge is -2.34. The number of para-hydroxylation sites is 1. The summed E-state index contributed by atoms with van der Waals surface area (Å²) in [5.74, 6) is 0.108. The van der Waals surface area contributed by atoms with Gasteiger partial charge in [-0.2, -0.15) is 4.31 Å². The lowest BCUT2D eigenvalue weighted by atomic mass is 10.0. The van der Waals surface area contributed by atoms with Crippen LogP contribution in [-0.2, 0) is 10.0 Å². The first-order chi connectivity index (χ1) is 14.4. The van der Waals surface area contributed by atoms with Crippen LogP contribution in [0.25, 0.3) is 10.9 Å². The molecule has 1 aliphatic rings. The molecule has 4 rings (SSSR count). The zero-order valence-corrected chi connectivity index (χ0v) is 17.8. The predicted octanol–water partition coefficient (Wildman–Crippen LogP) is 2.90. The van der Waals surface area contributed by atoms with Gasteiger partial charge in [0.2, 0.25) is 10.0 Å². The maximum Gasteiger partial charge on any atom is 0.254 e. The minimum Gasteiger partial charge on any atom is -0.336 e. The number of piperazine rings is 1. The van der Waals surface area contributed by atoms with Crippen molar-refractivity contribution in [2.75, 3.05) is 26.2 Å². The first-order valence-corrected chi connectivity index (χ1v) is 11.4. The summed E-state index contributed by atoms with van der Waals surface area (Å²) in [6.45, 7) is 5.28. The van der Waals surface area contributed by atoms with Crippen molar-refractivity contribution in [1.29, 1.82) is 0 Å². The molecule has 1 amide bonds. The number of nitrogens with zero attached hydrogens (tertiary/aromatic N) is 4. The number of sulfonamides is 1. The number of hydrogen-bond donors (Lipinski definition) is 0. The molecule has 1 aromatic carbocycles. The van der Waals surface area contributed by atoms with Crippen LogP contribution in [0.15, 0.2) is 59.8 Å². The van der Waals surface area contributed by atoms with Crippen LogP contribution in [0, 0.1) is 0 Å². The Hall–Kier alpha value is -2.84.